The second kappa shape index (κ2) is 8.36. The summed E-state index contributed by atoms with van der Waals surface area (Å²) in [4.78, 5) is 30.2. The largest absolute Gasteiger partial charge is 0.339 e. The summed E-state index contributed by atoms with van der Waals surface area (Å²) in [6.07, 6.45) is 2.83. The fraction of sp³-hybridized carbons (Fsp3) is 0.875. The minimum atomic E-state index is 0.106. The third kappa shape index (κ3) is 4.35. The van der Waals surface area contributed by atoms with Crippen LogP contribution in [0.5, 0.6) is 0 Å². The maximum absolute atomic E-state index is 12.3. The molecule has 0 aromatic rings. The van der Waals surface area contributed by atoms with E-state index in [1.807, 2.05) is 28.5 Å². The van der Waals surface area contributed by atoms with Crippen LogP contribution in [0.25, 0.3) is 0 Å². The molecular weight excluding hydrogens is 280 g/mol. The van der Waals surface area contributed by atoms with Gasteiger partial charge in [0.15, 0.2) is 0 Å². The summed E-state index contributed by atoms with van der Waals surface area (Å²) in [7, 11) is 0. The Balaban J connectivity index is 1.71. The fourth-order valence-electron chi connectivity index (χ4n) is 3.29. The summed E-state index contributed by atoms with van der Waals surface area (Å²) < 4.78 is 0. The van der Waals surface area contributed by atoms with Crippen LogP contribution in [0.1, 0.15) is 33.1 Å². The van der Waals surface area contributed by atoms with Crippen molar-refractivity contribution in [2.45, 2.75) is 33.1 Å². The highest BCUT2D eigenvalue weighted by molar-refractivity contribution is 5.77. The number of amides is 3. The zero-order chi connectivity index (χ0) is 15.9. The van der Waals surface area contributed by atoms with Crippen molar-refractivity contribution in [1.29, 1.82) is 0 Å². The molecule has 1 unspecified atom stereocenters. The standard InChI is InChI=1S/C16H30N4O2/c1-3-18(4-2)16(22)20-11-9-19(10-12-20)15(21)6-5-14-7-8-17-13-14/h14,17H,3-13H2,1-2H3. The van der Waals surface area contributed by atoms with E-state index in [0.717, 1.165) is 32.6 Å². The molecule has 2 rings (SSSR count). The number of carbonyl (C=O) groups is 2. The summed E-state index contributed by atoms with van der Waals surface area (Å²) in [5.74, 6) is 0.913. The lowest BCUT2D eigenvalue weighted by atomic mass is 10.0. The first-order valence-electron chi connectivity index (χ1n) is 8.68. The van der Waals surface area contributed by atoms with Crippen LogP contribution >= 0.6 is 0 Å². The Kier molecular flexibility index (Phi) is 6.49. The highest BCUT2D eigenvalue weighted by Crippen LogP contribution is 2.16. The minimum Gasteiger partial charge on any atom is -0.339 e. The Hall–Kier alpha value is -1.30. The number of piperazine rings is 1. The van der Waals surface area contributed by atoms with E-state index in [2.05, 4.69) is 5.32 Å². The highest BCUT2D eigenvalue weighted by Gasteiger charge is 2.26. The van der Waals surface area contributed by atoms with Crippen LogP contribution in [0.3, 0.4) is 0 Å². The lowest BCUT2D eigenvalue weighted by Gasteiger charge is -2.37. The molecule has 2 aliphatic heterocycles. The second-order valence-electron chi connectivity index (χ2n) is 6.22. The van der Waals surface area contributed by atoms with E-state index in [9.17, 15) is 9.59 Å². The Morgan fingerprint density at radius 3 is 2.27 bits per heavy atom. The maximum atomic E-state index is 12.3. The molecule has 0 aromatic carbocycles. The monoisotopic (exact) mass is 310 g/mol. The zero-order valence-electron chi connectivity index (χ0n) is 14.0. The number of hydrogen-bond donors (Lipinski definition) is 1. The molecule has 0 bridgehead atoms. The summed E-state index contributed by atoms with van der Waals surface area (Å²) in [6, 6.07) is 0.106. The number of hydrogen-bond acceptors (Lipinski definition) is 3. The van der Waals surface area contributed by atoms with Gasteiger partial charge in [0.1, 0.15) is 0 Å². The number of nitrogens with one attached hydrogen (secondary N) is 1. The maximum Gasteiger partial charge on any atom is 0.320 e. The van der Waals surface area contributed by atoms with Crippen LogP contribution in [0, 0.1) is 5.92 Å². The molecule has 1 atom stereocenters. The van der Waals surface area contributed by atoms with Gasteiger partial charge in [-0.25, -0.2) is 4.79 Å². The van der Waals surface area contributed by atoms with Gasteiger partial charge < -0.3 is 20.0 Å². The van der Waals surface area contributed by atoms with Gasteiger partial charge in [-0.2, -0.15) is 0 Å². The van der Waals surface area contributed by atoms with Crippen LogP contribution < -0.4 is 5.32 Å². The first kappa shape index (κ1) is 17.1. The van der Waals surface area contributed by atoms with Gasteiger partial charge in [-0.1, -0.05) is 0 Å². The van der Waals surface area contributed by atoms with Gasteiger partial charge >= 0.3 is 6.03 Å². The number of rotatable bonds is 5. The molecule has 126 valence electrons. The van der Waals surface area contributed by atoms with Crippen molar-refractivity contribution >= 4 is 11.9 Å². The van der Waals surface area contributed by atoms with Gasteiger partial charge in [-0.3, -0.25) is 4.79 Å². The molecule has 6 heteroatoms. The van der Waals surface area contributed by atoms with Crippen LogP contribution in [-0.4, -0.2) is 79.0 Å². The molecule has 22 heavy (non-hydrogen) atoms. The van der Waals surface area contributed by atoms with Gasteiger partial charge in [0.2, 0.25) is 5.91 Å². The molecule has 3 amide bonds. The second-order valence-corrected chi connectivity index (χ2v) is 6.22. The average molecular weight is 310 g/mol. The van der Waals surface area contributed by atoms with Gasteiger partial charge in [-0.05, 0) is 45.7 Å². The van der Waals surface area contributed by atoms with Crippen LogP contribution in [0.2, 0.25) is 0 Å². The van der Waals surface area contributed by atoms with Gasteiger partial charge in [0.25, 0.3) is 0 Å². The molecule has 1 N–H and O–H groups in total. The van der Waals surface area contributed by atoms with Crippen molar-refractivity contribution in [3.05, 3.63) is 0 Å². The van der Waals surface area contributed by atoms with Crippen molar-refractivity contribution in [1.82, 2.24) is 20.0 Å². The number of nitrogens with zero attached hydrogens (tertiary/aromatic N) is 3. The molecule has 6 nitrogen and oxygen atoms in total. The van der Waals surface area contributed by atoms with Crippen molar-refractivity contribution in [3.8, 4) is 0 Å². The van der Waals surface area contributed by atoms with Crippen LogP contribution in [0.4, 0.5) is 4.79 Å². The molecule has 0 spiro atoms. The van der Waals surface area contributed by atoms with Gasteiger partial charge in [-0.15, -0.1) is 0 Å². The van der Waals surface area contributed by atoms with Crippen molar-refractivity contribution in [3.63, 3.8) is 0 Å². The molecule has 2 fully saturated rings. The molecule has 0 radical (unpaired) electrons. The van der Waals surface area contributed by atoms with Crippen LogP contribution in [0.15, 0.2) is 0 Å². The molecule has 0 aliphatic carbocycles. The first-order valence-corrected chi connectivity index (χ1v) is 8.68. The van der Waals surface area contributed by atoms with Crippen molar-refractivity contribution in [2.24, 2.45) is 5.92 Å². The minimum absolute atomic E-state index is 0.106. The Labute approximate surface area is 133 Å². The van der Waals surface area contributed by atoms with E-state index < -0.39 is 0 Å². The van der Waals surface area contributed by atoms with E-state index in [1.54, 1.807) is 0 Å². The molecule has 2 aliphatic rings. The quantitative estimate of drug-likeness (QED) is 0.824. The van der Waals surface area contributed by atoms with Gasteiger partial charge in [0, 0.05) is 45.7 Å². The van der Waals surface area contributed by atoms with Crippen molar-refractivity contribution in [2.75, 3.05) is 52.4 Å². The van der Waals surface area contributed by atoms with Crippen molar-refractivity contribution < 1.29 is 9.59 Å². The summed E-state index contributed by atoms with van der Waals surface area (Å²) in [6.45, 7) is 10.3. The fourth-order valence-corrected chi connectivity index (χ4v) is 3.29. The SMILES string of the molecule is CCN(CC)C(=O)N1CCN(C(=O)CCC2CCNC2)CC1. The molecule has 0 saturated carbocycles. The Morgan fingerprint density at radius 1 is 1.09 bits per heavy atom. The normalized spacial score (nSPS) is 22.0. The summed E-state index contributed by atoms with van der Waals surface area (Å²) in [5.41, 5.74) is 0. The predicted octanol–water partition coefficient (Wildman–Crippen LogP) is 0.982. The molecule has 2 heterocycles. The van der Waals surface area contributed by atoms with Crippen LogP contribution in [-0.2, 0) is 4.79 Å². The van der Waals surface area contributed by atoms with Gasteiger partial charge in [0.05, 0.1) is 0 Å². The molecule has 2 saturated heterocycles. The van der Waals surface area contributed by atoms with E-state index in [4.69, 9.17) is 0 Å². The predicted molar refractivity (Wildman–Crippen MR) is 86.7 cm³/mol. The summed E-state index contributed by atoms with van der Waals surface area (Å²) in [5, 5.41) is 3.34. The topological polar surface area (TPSA) is 55.9 Å². The van der Waals surface area contributed by atoms with E-state index in [1.165, 1.54) is 6.42 Å². The smallest absolute Gasteiger partial charge is 0.320 e. The average Bonchev–Trinajstić information content (AvgIpc) is 3.07. The number of carbonyl (C=O) groups excluding carboxylic acids is 2. The molecule has 0 aromatic heterocycles. The Morgan fingerprint density at radius 2 is 1.73 bits per heavy atom. The molecular formula is C16H30N4O2. The lowest BCUT2D eigenvalue weighted by Crippen LogP contribution is -2.54. The van der Waals surface area contributed by atoms with E-state index in [-0.39, 0.29) is 11.9 Å². The summed E-state index contributed by atoms with van der Waals surface area (Å²) >= 11 is 0. The zero-order valence-corrected chi connectivity index (χ0v) is 14.0. The first-order chi connectivity index (χ1) is 10.7. The number of urea groups is 1. The highest BCUT2D eigenvalue weighted by atomic mass is 16.2. The lowest BCUT2D eigenvalue weighted by molar-refractivity contribution is -0.133. The van der Waals surface area contributed by atoms with E-state index in [0.29, 0.717) is 38.5 Å². The Bertz CT molecular complexity index is 370. The third-order valence-corrected chi connectivity index (χ3v) is 4.87. The van der Waals surface area contributed by atoms with E-state index >= 15 is 0 Å². The third-order valence-electron chi connectivity index (χ3n) is 4.87.